The molecule has 0 aliphatic carbocycles. The zero-order valence-corrected chi connectivity index (χ0v) is 11.4. The molecular formula is C15H19NO3. The van der Waals surface area contributed by atoms with Crippen molar-refractivity contribution < 1.29 is 14.3 Å². The number of rotatable bonds is 3. The first kappa shape index (κ1) is 13.6. The van der Waals surface area contributed by atoms with Crippen molar-refractivity contribution in [3.05, 3.63) is 35.9 Å². The third-order valence-electron chi connectivity index (χ3n) is 3.62. The predicted molar refractivity (Wildman–Crippen MR) is 71.8 cm³/mol. The second-order valence-corrected chi connectivity index (χ2v) is 4.92. The number of amides is 1. The van der Waals surface area contributed by atoms with Crippen LogP contribution in [0.2, 0.25) is 0 Å². The first-order valence-electron chi connectivity index (χ1n) is 6.64. The third-order valence-corrected chi connectivity index (χ3v) is 3.62. The second kappa shape index (κ2) is 5.43. The van der Waals surface area contributed by atoms with Crippen molar-refractivity contribution in [2.24, 2.45) is 0 Å². The van der Waals surface area contributed by atoms with Gasteiger partial charge in [0, 0.05) is 12.1 Å². The van der Waals surface area contributed by atoms with E-state index in [4.69, 9.17) is 4.74 Å². The van der Waals surface area contributed by atoms with E-state index in [9.17, 15) is 9.59 Å². The number of hydrogen-bond acceptors (Lipinski definition) is 3. The molecule has 1 atom stereocenters. The van der Waals surface area contributed by atoms with Crippen LogP contribution in [0, 0.1) is 0 Å². The van der Waals surface area contributed by atoms with Gasteiger partial charge in [-0.1, -0.05) is 18.2 Å². The Labute approximate surface area is 113 Å². The van der Waals surface area contributed by atoms with Crippen LogP contribution in [-0.2, 0) is 9.53 Å². The zero-order chi connectivity index (χ0) is 13.9. The molecule has 1 unspecified atom stereocenters. The first-order valence-corrected chi connectivity index (χ1v) is 6.64. The molecule has 1 fully saturated rings. The molecule has 1 aliphatic rings. The Morgan fingerprint density at radius 2 is 2.00 bits per heavy atom. The Balaban J connectivity index is 2.24. The van der Waals surface area contributed by atoms with Gasteiger partial charge in [0.15, 0.2) is 0 Å². The molecule has 19 heavy (non-hydrogen) atoms. The van der Waals surface area contributed by atoms with Crippen LogP contribution in [0.3, 0.4) is 0 Å². The fraction of sp³-hybridized carbons (Fsp3) is 0.467. The standard InChI is InChI=1S/C15H19NO3/c1-3-19-14(18)15(2)10-7-11-16(15)13(17)12-8-5-4-6-9-12/h4-6,8-9H,3,7,10-11H2,1-2H3. The average molecular weight is 261 g/mol. The Morgan fingerprint density at radius 3 is 2.63 bits per heavy atom. The van der Waals surface area contributed by atoms with Gasteiger partial charge in [0.05, 0.1) is 6.61 Å². The summed E-state index contributed by atoms with van der Waals surface area (Å²) in [6, 6.07) is 9.06. The van der Waals surface area contributed by atoms with Crippen molar-refractivity contribution in [2.75, 3.05) is 13.2 Å². The van der Waals surface area contributed by atoms with Crippen molar-refractivity contribution in [3.63, 3.8) is 0 Å². The maximum Gasteiger partial charge on any atom is 0.331 e. The van der Waals surface area contributed by atoms with Crippen molar-refractivity contribution in [1.82, 2.24) is 4.90 Å². The largest absolute Gasteiger partial charge is 0.464 e. The molecule has 1 amide bonds. The number of nitrogens with zero attached hydrogens (tertiary/aromatic N) is 1. The van der Waals surface area contributed by atoms with E-state index in [1.807, 2.05) is 18.2 Å². The number of benzene rings is 1. The molecule has 1 heterocycles. The van der Waals surface area contributed by atoms with E-state index < -0.39 is 5.54 Å². The Hall–Kier alpha value is -1.84. The molecule has 1 aromatic carbocycles. The highest BCUT2D eigenvalue weighted by Gasteiger charge is 2.47. The van der Waals surface area contributed by atoms with Crippen LogP contribution in [0.5, 0.6) is 0 Å². The second-order valence-electron chi connectivity index (χ2n) is 4.92. The van der Waals surface area contributed by atoms with Gasteiger partial charge >= 0.3 is 5.97 Å². The number of esters is 1. The normalized spacial score (nSPS) is 22.3. The Kier molecular flexibility index (Phi) is 3.88. The highest BCUT2D eigenvalue weighted by Crippen LogP contribution is 2.31. The number of likely N-dealkylation sites (tertiary alicyclic amines) is 1. The number of carbonyl (C=O) groups excluding carboxylic acids is 2. The lowest BCUT2D eigenvalue weighted by atomic mass is 9.98. The highest BCUT2D eigenvalue weighted by molar-refractivity contribution is 5.98. The van der Waals surface area contributed by atoms with Crippen molar-refractivity contribution in [2.45, 2.75) is 32.2 Å². The van der Waals surface area contributed by atoms with Gasteiger partial charge in [-0.25, -0.2) is 4.79 Å². The fourth-order valence-corrected chi connectivity index (χ4v) is 2.52. The van der Waals surface area contributed by atoms with E-state index in [2.05, 4.69) is 0 Å². The smallest absolute Gasteiger partial charge is 0.331 e. The molecule has 102 valence electrons. The van der Waals surface area contributed by atoms with E-state index in [-0.39, 0.29) is 11.9 Å². The van der Waals surface area contributed by atoms with Gasteiger partial charge in [-0.3, -0.25) is 4.79 Å². The summed E-state index contributed by atoms with van der Waals surface area (Å²) in [6.07, 6.45) is 1.48. The minimum absolute atomic E-state index is 0.103. The van der Waals surface area contributed by atoms with Gasteiger partial charge in [-0.15, -0.1) is 0 Å². The molecule has 1 saturated heterocycles. The molecule has 0 bridgehead atoms. The van der Waals surface area contributed by atoms with Gasteiger partial charge < -0.3 is 9.64 Å². The summed E-state index contributed by atoms with van der Waals surface area (Å²) < 4.78 is 5.11. The van der Waals surface area contributed by atoms with Gasteiger partial charge in [0.2, 0.25) is 0 Å². The fourth-order valence-electron chi connectivity index (χ4n) is 2.52. The molecule has 4 heteroatoms. The van der Waals surface area contributed by atoms with Crippen LogP contribution < -0.4 is 0 Å². The quantitative estimate of drug-likeness (QED) is 0.784. The van der Waals surface area contributed by atoms with Crippen LogP contribution >= 0.6 is 0 Å². The van der Waals surface area contributed by atoms with Crippen LogP contribution in [0.1, 0.15) is 37.0 Å². The summed E-state index contributed by atoms with van der Waals surface area (Å²) >= 11 is 0. The van der Waals surface area contributed by atoms with E-state index in [0.717, 1.165) is 6.42 Å². The Bertz CT molecular complexity index is 472. The number of carbonyl (C=O) groups is 2. The summed E-state index contributed by atoms with van der Waals surface area (Å²) in [5.74, 6) is -0.412. The van der Waals surface area contributed by atoms with Crippen molar-refractivity contribution in [3.8, 4) is 0 Å². The lowest BCUT2D eigenvalue weighted by Gasteiger charge is -2.32. The molecule has 0 N–H and O–H groups in total. The van der Waals surface area contributed by atoms with Gasteiger partial charge in [-0.05, 0) is 38.8 Å². The minimum Gasteiger partial charge on any atom is -0.464 e. The van der Waals surface area contributed by atoms with E-state index in [0.29, 0.717) is 25.1 Å². The van der Waals surface area contributed by atoms with Crippen LogP contribution in [-0.4, -0.2) is 35.5 Å². The monoisotopic (exact) mass is 261 g/mol. The topological polar surface area (TPSA) is 46.6 Å². The predicted octanol–water partition coefficient (Wildman–Crippen LogP) is 2.24. The van der Waals surface area contributed by atoms with E-state index in [1.54, 1.807) is 30.9 Å². The van der Waals surface area contributed by atoms with E-state index in [1.165, 1.54) is 0 Å². The number of hydrogen-bond donors (Lipinski definition) is 0. The minimum atomic E-state index is -0.830. The molecule has 0 saturated carbocycles. The van der Waals surface area contributed by atoms with Crippen LogP contribution in [0.15, 0.2) is 30.3 Å². The summed E-state index contributed by atoms with van der Waals surface area (Å²) in [4.78, 5) is 26.2. The third kappa shape index (κ3) is 2.48. The maximum absolute atomic E-state index is 12.5. The molecule has 2 rings (SSSR count). The van der Waals surface area contributed by atoms with Gasteiger partial charge in [0.25, 0.3) is 5.91 Å². The lowest BCUT2D eigenvalue weighted by Crippen LogP contribution is -2.51. The summed E-state index contributed by atoms with van der Waals surface area (Å²) in [7, 11) is 0. The van der Waals surface area contributed by atoms with Crippen LogP contribution in [0.25, 0.3) is 0 Å². The van der Waals surface area contributed by atoms with Crippen LogP contribution in [0.4, 0.5) is 0 Å². The first-order chi connectivity index (χ1) is 9.09. The van der Waals surface area contributed by atoms with Crippen molar-refractivity contribution >= 4 is 11.9 Å². The van der Waals surface area contributed by atoms with Gasteiger partial charge in [-0.2, -0.15) is 0 Å². The molecular weight excluding hydrogens is 242 g/mol. The highest BCUT2D eigenvalue weighted by atomic mass is 16.5. The molecule has 4 nitrogen and oxygen atoms in total. The summed E-state index contributed by atoms with van der Waals surface area (Å²) in [5, 5.41) is 0. The summed E-state index contributed by atoms with van der Waals surface area (Å²) in [5.41, 5.74) is -0.219. The van der Waals surface area contributed by atoms with E-state index >= 15 is 0 Å². The maximum atomic E-state index is 12.5. The zero-order valence-electron chi connectivity index (χ0n) is 11.4. The molecule has 0 radical (unpaired) electrons. The molecule has 1 aliphatic heterocycles. The Morgan fingerprint density at radius 1 is 1.32 bits per heavy atom. The molecule has 1 aromatic rings. The molecule has 0 spiro atoms. The lowest BCUT2D eigenvalue weighted by molar-refractivity contribution is -0.153. The average Bonchev–Trinajstić information content (AvgIpc) is 2.83. The van der Waals surface area contributed by atoms with Gasteiger partial charge in [0.1, 0.15) is 5.54 Å². The molecule has 0 aromatic heterocycles. The van der Waals surface area contributed by atoms with Crippen molar-refractivity contribution in [1.29, 1.82) is 0 Å². The summed E-state index contributed by atoms with van der Waals surface area (Å²) in [6.45, 7) is 4.50. The SMILES string of the molecule is CCOC(=O)C1(C)CCCN1C(=O)c1ccccc1. The number of ether oxygens (including phenoxy) is 1.